The van der Waals surface area contributed by atoms with Crippen LogP contribution in [0.2, 0.25) is 0 Å². The molecule has 0 aliphatic carbocycles. The van der Waals surface area contributed by atoms with E-state index in [9.17, 15) is 10.1 Å². The molecule has 0 aromatic heterocycles. The number of non-ortho nitro benzene ring substituents is 1. The highest BCUT2D eigenvalue weighted by molar-refractivity contribution is 5.80. The van der Waals surface area contributed by atoms with E-state index in [-0.39, 0.29) is 11.1 Å². The van der Waals surface area contributed by atoms with E-state index in [2.05, 4.69) is 43.4 Å². The predicted octanol–water partition coefficient (Wildman–Crippen LogP) is 6.13. The summed E-state index contributed by atoms with van der Waals surface area (Å²) < 4.78 is 5.89. The Bertz CT molecular complexity index is 988. The van der Waals surface area contributed by atoms with Gasteiger partial charge in [-0.05, 0) is 65.1 Å². The lowest BCUT2D eigenvalue weighted by atomic mass is 9.87. The first-order valence-corrected chi connectivity index (χ1v) is 9.23. The zero-order valence-corrected chi connectivity index (χ0v) is 16.6. The Labute approximate surface area is 170 Å². The molecule has 0 saturated carbocycles. The lowest BCUT2D eigenvalue weighted by Crippen LogP contribution is -2.10. The summed E-state index contributed by atoms with van der Waals surface area (Å²) in [6.45, 7) is 6.54. The topological polar surface area (TPSA) is 76.8 Å². The molecule has 0 fully saturated rings. The highest BCUT2D eigenvalue weighted by Crippen LogP contribution is 2.27. The van der Waals surface area contributed by atoms with Gasteiger partial charge in [-0.2, -0.15) is 5.10 Å². The highest BCUT2D eigenvalue weighted by Gasteiger charge is 2.13. The summed E-state index contributed by atoms with van der Waals surface area (Å²) in [6.07, 6.45) is 1.67. The SMILES string of the molecule is CC(C)(C)c1ccc(Oc2ccc(C=NNc3ccc([N+](=O)[O-])cc3)cc2)cc1. The Kier molecular flexibility index (Phi) is 5.93. The second-order valence-electron chi connectivity index (χ2n) is 7.62. The van der Waals surface area contributed by atoms with Crippen LogP contribution in [0.5, 0.6) is 11.5 Å². The molecule has 0 heterocycles. The van der Waals surface area contributed by atoms with Gasteiger partial charge in [-0.15, -0.1) is 0 Å². The molecule has 3 aromatic rings. The number of nitro benzene ring substituents is 1. The second kappa shape index (κ2) is 8.56. The van der Waals surface area contributed by atoms with E-state index in [1.54, 1.807) is 18.3 Å². The number of hydrazone groups is 1. The summed E-state index contributed by atoms with van der Waals surface area (Å²) in [5.74, 6) is 1.54. The van der Waals surface area contributed by atoms with Crippen LogP contribution in [-0.2, 0) is 5.41 Å². The lowest BCUT2D eigenvalue weighted by Gasteiger charge is -2.19. The minimum Gasteiger partial charge on any atom is -0.457 e. The van der Waals surface area contributed by atoms with Gasteiger partial charge in [-0.1, -0.05) is 32.9 Å². The highest BCUT2D eigenvalue weighted by atomic mass is 16.6. The first kappa shape index (κ1) is 20.1. The third-order valence-corrected chi connectivity index (χ3v) is 4.32. The standard InChI is InChI=1S/C23H23N3O3/c1-23(2,3)18-6-14-22(15-7-18)29-21-12-4-17(5-13-21)16-24-25-19-8-10-20(11-9-19)26(27)28/h4-16,25H,1-3H3. The fourth-order valence-electron chi connectivity index (χ4n) is 2.62. The minimum atomic E-state index is -0.435. The minimum absolute atomic E-state index is 0.0446. The molecular weight excluding hydrogens is 366 g/mol. The third-order valence-electron chi connectivity index (χ3n) is 4.32. The molecule has 0 aliphatic rings. The fourth-order valence-corrected chi connectivity index (χ4v) is 2.62. The summed E-state index contributed by atoms with van der Waals surface area (Å²) in [5, 5.41) is 14.8. The molecular formula is C23H23N3O3. The number of hydrogen-bond acceptors (Lipinski definition) is 5. The van der Waals surface area contributed by atoms with Gasteiger partial charge in [-0.3, -0.25) is 15.5 Å². The molecule has 0 atom stereocenters. The molecule has 0 radical (unpaired) electrons. The first-order valence-electron chi connectivity index (χ1n) is 9.23. The molecule has 1 N–H and O–H groups in total. The van der Waals surface area contributed by atoms with Crippen LogP contribution in [0, 0.1) is 10.1 Å². The fraction of sp³-hybridized carbons (Fsp3) is 0.174. The average molecular weight is 389 g/mol. The number of nitrogens with zero attached hydrogens (tertiary/aromatic N) is 2. The van der Waals surface area contributed by atoms with E-state index in [0.29, 0.717) is 5.69 Å². The van der Waals surface area contributed by atoms with E-state index in [0.717, 1.165) is 17.1 Å². The molecule has 148 valence electrons. The predicted molar refractivity (Wildman–Crippen MR) is 116 cm³/mol. The number of anilines is 1. The Balaban J connectivity index is 1.57. The molecule has 3 aromatic carbocycles. The van der Waals surface area contributed by atoms with Gasteiger partial charge in [0.1, 0.15) is 11.5 Å². The zero-order chi connectivity index (χ0) is 20.9. The van der Waals surface area contributed by atoms with Crippen molar-refractivity contribution in [3.05, 3.63) is 94.0 Å². The van der Waals surface area contributed by atoms with Gasteiger partial charge in [0.25, 0.3) is 5.69 Å². The molecule has 0 aliphatic heterocycles. The first-order chi connectivity index (χ1) is 13.8. The molecule has 3 rings (SSSR count). The van der Waals surface area contributed by atoms with Crippen LogP contribution in [0.3, 0.4) is 0 Å². The van der Waals surface area contributed by atoms with Crippen molar-refractivity contribution in [1.29, 1.82) is 0 Å². The van der Waals surface area contributed by atoms with Gasteiger partial charge < -0.3 is 4.74 Å². The molecule has 0 bridgehead atoms. The quantitative estimate of drug-likeness (QED) is 0.312. The van der Waals surface area contributed by atoms with Crippen LogP contribution in [0.15, 0.2) is 77.9 Å². The summed E-state index contributed by atoms with van der Waals surface area (Å²) in [6, 6.07) is 21.8. The van der Waals surface area contributed by atoms with Crippen LogP contribution >= 0.6 is 0 Å². The summed E-state index contributed by atoms with van der Waals surface area (Å²) in [7, 11) is 0. The van der Waals surface area contributed by atoms with Crippen LogP contribution in [0.4, 0.5) is 11.4 Å². The van der Waals surface area contributed by atoms with Crippen LogP contribution in [-0.4, -0.2) is 11.1 Å². The Morgan fingerprint density at radius 1 is 0.897 bits per heavy atom. The Morgan fingerprint density at radius 3 is 1.97 bits per heavy atom. The normalized spacial score (nSPS) is 11.4. The van der Waals surface area contributed by atoms with Gasteiger partial charge in [-0.25, -0.2) is 0 Å². The van der Waals surface area contributed by atoms with Gasteiger partial charge in [0.15, 0.2) is 0 Å². The Morgan fingerprint density at radius 2 is 1.45 bits per heavy atom. The molecule has 29 heavy (non-hydrogen) atoms. The van der Waals surface area contributed by atoms with Crippen molar-refractivity contribution in [1.82, 2.24) is 0 Å². The van der Waals surface area contributed by atoms with E-state index in [4.69, 9.17) is 4.74 Å². The van der Waals surface area contributed by atoms with Crippen LogP contribution in [0.1, 0.15) is 31.9 Å². The van der Waals surface area contributed by atoms with Crippen LogP contribution < -0.4 is 10.2 Å². The van der Waals surface area contributed by atoms with E-state index < -0.39 is 4.92 Å². The monoisotopic (exact) mass is 389 g/mol. The summed E-state index contributed by atoms with van der Waals surface area (Å²) >= 11 is 0. The van der Waals surface area contributed by atoms with Crippen molar-refractivity contribution in [2.45, 2.75) is 26.2 Å². The number of rotatable bonds is 6. The van der Waals surface area contributed by atoms with E-state index in [1.165, 1.54) is 17.7 Å². The third kappa shape index (κ3) is 5.65. The molecule has 0 unspecified atom stereocenters. The second-order valence-corrected chi connectivity index (χ2v) is 7.62. The average Bonchev–Trinajstić information content (AvgIpc) is 2.69. The maximum Gasteiger partial charge on any atom is 0.269 e. The maximum absolute atomic E-state index is 10.7. The summed E-state index contributed by atoms with van der Waals surface area (Å²) in [5.41, 5.74) is 5.84. The number of nitro groups is 1. The number of benzene rings is 3. The van der Waals surface area contributed by atoms with Crippen molar-refractivity contribution < 1.29 is 9.66 Å². The van der Waals surface area contributed by atoms with Crippen molar-refractivity contribution in [2.75, 3.05) is 5.43 Å². The van der Waals surface area contributed by atoms with Gasteiger partial charge in [0.2, 0.25) is 0 Å². The van der Waals surface area contributed by atoms with E-state index in [1.807, 2.05) is 36.4 Å². The van der Waals surface area contributed by atoms with E-state index >= 15 is 0 Å². The van der Waals surface area contributed by atoms with Gasteiger partial charge in [0.05, 0.1) is 16.8 Å². The number of hydrogen-bond donors (Lipinski definition) is 1. The van der Waals surface area contributed by atoms with Crippen molar-refractivity contribution in [2.24, 2.45) is 5.10 Å². The molecule has 0 amide bonds. The van der Waals surface area contributed by atoms with Crippen molar-refractivity contribution >= 4 is 17.6 Å². The molecule has 0 saturated heterocycles. The number of nitrogens with one attached hydrogen (secondary N) is 1. The van der Waals surface area contributed by atoms with Gasteiger partial charge >= 0.3 is 0 Å². The van der Waals surface area contributed by atoms with Crippen molar-refractivity contribution in [3.8, 4) is 11.5 Å². The smallest absolute Gasteiger partial charge is 0.269 e. The molecule has 0 spiro atoms. The van der Waals surface area contributed by atoms with Gasteiger partial charge in [0, 0.05) is 12.1 Å². The molecule has 6 nitrogen and oxygen atoms in total. The Hall–Kier alpha value is -3.67. The van der Waals surface area contributed by atoms with Crippen molar-refractivity contribution in [3.63, 3.8) is 0 Å². The molecule has 6 heteroatoms. The van der Waals surface area contributed by atoms with Crippen LogP contribution in [0.25, 0.3) is 0 Å². The zero-order valence-electron chi connectivity index (χ0n) is 16.6. The maximum atomic E-state index is 10.7. The lowest BCUT2D eigenvalue weighted by molar-refractivity contribution is -0.384. The number of ether oxygens (including phenoxy) is 1. The largest absolute Gasteiger partial charge is 0.457 e. The summed E-state index contributed by atoms with van der Waals surface area (Å²) in [4.78, 5) is 10.2.